The Hall–Kier alpha value is -2.47. The summed E-state index contributed by atoms with van der Waals surface area (Å²) >= 11 is 0. The minimum Gasteiger partial charge on any atom is -0.490 e. The first kappa shape index (κ1) is 17.4. The summed E-state index contributed by atoms with van der Waals surface area (Å²) in [5.74, 6) is 0.658. The van der Waals surface area contributed by atoms with Gasteiger partial charge in [0.1, 0.15) is 11.6 Å². The molecule has 25 heavy (non-hydrogen) atoms. The van der Waals surface area contributed by atoms with Crippen molar-refractivity contribution in [3.8, 4) is 5.75 Å². The maximum atomic E-state index is 13.1. The normalized spacial score (nSPS) is 19.7. The van der Waals surface area contributed by atoms with E-state index in [1.54, 1.807) is 18.2 Å². The topological polar surface area (TPSA) is 61.6 Å². The summed E-state index contributed by atoms with van der Waals surface area (Å²) < 4.78 is 24.7. The number of hydrogen-bond acceptors (Lipinski definition) is 4. The summed E-state index contributed by atoms with van der Waals surface area (Å²) in [6.07, 6.45) is 2.79. The highest BCUT2D eigenvalue weighted by Crippen LogP contribution is 2.30. The second-order valence-electron chi connectivity index (χ2n) is 6.32. The molecular formula is C19H20FNO4. The van der Waals surface area contributed by atoms with Gasteiger partial charge in [0.15, 0.2) is 0 Å². The molecule has 0 N–H and O–H groups in total. The molecule has 0 heterocycles. The fraction of sp³-hybridized carbons (Fsp3) is 0.368. The molecule has 1 fully saturated rings. The molecule has 0 unspecified atom stereocenters. The summed E-state index contributed by atoms with van der Waals surface area (Å²) in [7, 11) is 0. The summed E-state index contributed by atoms with van der Waals surface area (Å²) in [5, 5.41) is 10.8. The predicted octanol–water partition coefficient (Wildman–Crippen LogP) is 4.50. The van der Waals surface area contributed by atoms with Crippen LogP contribution in [-0.4, -0.2) is 17.6 Å². The van der Waals surface area contributed by atoms with Gasteiger partial charge >= 0.3 is 0 Å². The van der Waals surface area contributed by atoms with Crippen LogP contribution >= 0.6 is 0 Å². The van der Waals surface area contributed by atoms with Crippen molar-refractivity contribution >= 4 is 5.69 Å². The van der Waals surface area contributed by atoms with Gasteiger partial charge in [-0.05, 0) is 48.9 Å². The SMILES string of the molecule is O=[N+]([O-])c1cccc(O[C@H]2CC[C@H](COCc3cccc(F)c3)C2)c1. The minimum atomic E-state index is -0.426. The molecule has 0 aliphatic heterocycles. The van der Waals surface area contributed by atoms with E-state index >= 15 is 0 Å². The third kappa shape index (κ3) is 5.00. The molecule has 2 aromatic rings. The van der Waals surface area contributed by atoms with Crippen LogP contribution in [0.3, 0.4) is 0 Å². The van der Waals surface area contributed by atoms with Crippen LogP contribution in [0.5, 0.6) is 5.75 Å². The van der Waals surface area contributed by atoms with Gasteiger partial charge < -0.3 is 9.47 Å². The van der Waals surface area contributed by atoms with E-state index in [0.717, 1.165) is 24.8 Å². The molecule has 132 valence electrons. The third-order valence-electron chi connectivity index (χ3n) is 4.34. The molecule has 1 aliphatic carbocycles. The maximum absolute atomic E-state index is 13.1. The lowest BCUT2D eigenvalue weighted by atomic mass is 10.1. The van der Waals surface area contributed by atoms with Gasteiger partial charge in [-0.3, -0.25) is 10.1 Å². The highest BCUT2D eigenvalue weighted by Gasteiger charge is 2.26. The van der Waals surface area contributed by atoms with Gasteiger partial charge in [0.05, 0.1) is 23.7 Å². The van der Waals surface area contributed by atoms with Crippen molar-refractivity contribution in [1.82, 2.24) is 0 Å². The minimum absolute atomic E-state index is 0.0328. The monoisotopic (exact) mass is 345 g/mol. The molecule has 1 saturated carbocycles. The van der Waals surface area contributed by atoms with Crippen LogP contribution in [0.4, 0.5) is 10.1 Å². The van der Waals surface area contributed by atoms with Crippen molar-refractivity contribution in [2.24, 2.45) is 5.92 Å². The average molecular weight is 345 g/mol. The van der Waals surface area contributed by atoms with Crippen LogP contribution in [0.1, 0.15) is 24.8 Å². The van der Waals surface area contributed by atoms with E-state index in [1.807, 2.05) is 6.07 Å². The molecule has 0 radical (unpaired) electrons. The van der Waals surface area contributed by atoms with Crippen LogP contribution in [0.25, 0.3) is 0 Å². The molecule has 0 amide bonds. The number of nitrogens with zero attached hydrogens (tertiary/aromatic N) is 1. The van der Waals surface area contributed by atoms with Crippen molar-refractivity contribution in [1.29, 1.82) is 0 Å². The molecular weight excluding hydrogens is 325 g/mol. The largest absolute Gasteiger partial charge is 0.490 e. The summed E-state index contributed by atoms with van der Waals surface area (Å²) in [4.78, 5) is 10.4. The first-order valence-electron chi connectivity index (χ1n) is 8.33. The van der Waals surface area contributed by atoms with Gasteiger partial charge in [0.2, 0.25) is 0 Å². The summed E-state index contributed by atoms with van der Waals surface area (Å²) in [5.41, 5.74) is 0.855. The van der Waals surface area contributed by atoms with E-state index in [0.29, 0.717) is 24.9 Å². The highest BCUT2D eigenvalue weighted by molar-refractivity contribution is 5.38. The number of rotatable bonds is 7. The molecule has 0 spiro atoms. The average Bonchev–Trinajstić information content (AvgIpc) is 3.02. The zero-order chi connectivity index (χ0) is 17.6. The molecule has 6 heteroatoms. The van der Waals surface area contributed by atoms with E-state index in [1.165, 1.54) is 24.3 Å². The zero-order valence-corrected chi connectivity index (χ0v) is 13.8. The number of nitro benzene ring substituents is 1. The lowest BCUT2D eigenvalue weighted by Gasteiger charge is -2.14. The van der Waals surface area contributed by atoms with Gasteiger partial charge in [-0.1, -0.05) is 18.2 Å². The first-order chi connectivity index (χ1) is 12.1. The van der Waals surface area contributed by atoms with E-state index in [4.69, 9.17) is 9.47 Å². The van der Waals surface area contributed by atoms with Crippen LogP contribution in [0, 0.1) is 21.8 Å². The Bertz CT molecular complexity index is 737. The number of benzene rings is 2. The standard InChI is InChI=1S/C19H20FNO4/c20-16-4-1-3-14(9-16)12-24-13-15-7-8-19(10-15)25-18-6-2-5-17(11-18)21(22)23/h1-6,9,11,15,19H,7-8,10,12-13H2/t15-,19-/m0/s1. The van der Waals surface area contributed by atoms with E-state index in [-0.39, 0.29) is 17.6 Å². The quantitative estimate of drug-likeness (QED) is 0.547. The van der Waals surface area contributed by atoms with Crippen LogP contribution in [0.15, 0.2) is 48.5 Å². The van der Waals surface area contributed by atoms with Crippen LogP contribution in [0.2, 0.25) is 0 Å². The van der Waals surface area contributed by atoms with Crippen molar-refractivity contribution in [3.63, 3.8) is 0 Å². The van der Waals surface area contributed by atoms with Crippen LogP contribution in [-0.2, 0) is 11.3 Å². The van der Waals surface area contributed by atoms with Gasteiger partial charge in [0, 0.05) is 12.7 Å². The second-order valence-corrected chi connectivity index (χ2v) is 6.32. The Kier molecular flexibility index (Phi) is 5.60. The van der Waals surface area contributed by atoms with Crippen molar-refractivity contribution in [2.75, 3.05) is 6.61 Å². The molecule has 3 rings (SSSR count). The molecule has 0 bridgehead atoms. The maximum Gasteiger partial charge on any atom is 0.273 e. The molecule has 2 aromatic carbocycles. The summed E-state index contributed by atoms with van der Waals surface area (Å²) in [6.45, 7) is 0.996. The molecule has 2 atom stereocenters. The van der Waals surface area contributed by atoms with Gasteiger partial charge in [0.25, 0.3) is 5.69 Å². The fourth-order valence-electron chi connectivity index (χ4n) is 3.12. The Morgan fingerprint density at radius 1 is 1.16 bits per heavy atom. The Balaban J connectivity index is 1.44. The number of nitro groups is 1. The van der Waals surface area contributed by atoms with Crippen LogP contribution < -0.4 is 4.74 Å². The number of ether oxygens (including phenoxy) is 2. The zero-order valence-electron chi connectivity index (χ0n) is 13.8. The lowest BCUT2D eigenvalue weighted by molar-refractivity contribution is -0.384. The summed E-state index contributed by atoms with van der Waals surface area (Å²) in [6, 6.07) is 12.7. The molecule has 0 aromatic heterocycles. The smallest absolute Gasteiger partial charge is 0.273 e. The Morgan fingerprint density at radius 2 is 2.00 bits per heavy atom. The van der Waals surface area contributed by atoms with Gasteiger partial charge in [-0.15, -0.1) is 0 Å². The highest BCUT2D eigenvalue weighted by atomic mass is 19.1. The van der Waals surface area contributed by atoms with Crippen molar-refractivity contribution in [2.45, 2.75) is 32.0 Å². The van der Waals surface area contributed by atoms with E-state index in [9.17, 15) is 14.5 Å². The fourth-order valence-corrected chi connectivity index (χ4v) is 3.12. The van der Waals surface area contributed by atoms with Gasteiger partial charge in [-0.2, -0.15) is 0 Å². The Labute approximate surface area is 145 Å². The van der Waals surface area contributed by atoms with Gasteiger partial charge in [-0.25, -0.2) is 4.39 Å². The second kappa shape index (κ2) is 8.07. The van der Waals surface area contributed by atoms with E-state index < -0.39 is 4.92 Å². The number of non-ortho nitro benzene ring substituents is 1. The Morgan fingerprint density at radius 3 is 2.80 bits per heavy atom. The van der Waals surface area contributed by atoms with Crippen molar-refractivity contribution in [3.05, 3.63) is 70.0 Å². The lowest BCUT2D eigenvalue weighted by Crippen LogP contribution is -2.14. The number of halogens is 1. The van der Waals surface area contributed by atoms with E-state index in [2.05, 4.69) is 0 Å². The first-order valence-corrected chi connectivity index (χ1v) is 8.33. The third-order valence-corrected chi connectivity index (χ3v) is 4.34. The van der Waals surface area contributed by atoms with Crippen molar-refractivity contribution < 1.29 is 18.8 Å². The predicted molar refractivity (Wildman–Crippen MR) is 90.9 cm³/mol. The molecule has 1 aliphatic rings. The number of hydrogen-bond donors (Lipinski definition) is 0. The molecule has 0 saturated heterocycles. The molecule has 5 nitrogen and oxygen atoms in total.